The molecule has 0 spiro atoms. The molecule has 0 N–H and O–H groups in total. The first-order valence-corrected chi connectivity index (χ1v) is 9.22. The molecule has 0 fully saturated rings. The van der Waals surface area contributed by atoms with Gasteiger partial charge in [-0.1, -0.05) is 38.0 Å². The summed E-state index contributed by atoms with van der Waals surface area (Å²) in [4.78, 5) is 0. The van der Waals surface area contributed by atoms with Crippen LogP contribution in [0, 0.1) is 13.8 Å². The Morgan fingerprint density at radius 2 is 1.12 bits per heavy atom. The van der Waals surface area contributed by atoms with Gasteiger partial charge in [0.1, 0.15) is 12.5 Å². The average molecular weight is 364 g/mol. The van der Waals surface area contributed by atoms with Gasteiger partial charge in [0.15, 0.2) is 0 Å². The van der Waals surface area contributed by atoms with Gasteiger partial charge in [-0.25, -0.2) is 0 Å². The van der Waals surface area contributed by atoms with Crippen molar-refractivity contribution in [2.75, 3.05) is 26.4 Å². The number of hydrogen-bond acceptors (Lipinski definition) is 6. The normalized spacial score (nSPS) is 12.7. The number of ether oxygens (including phenoxy) is 2. The van der Waals surface area contributed by atoms with E-state index in [9.17, 15) is 0 Å². The summed E-state index contributed by atoms with van der Waals surface area (Å²) in [5, 5.41) is 7.92. The van der Waals surface area contributed by atoms with Gasteiger partial charge in [-0.15, -0.1) is 0 Å². The zero-order valence-corrected chi connectivity index (χ0v) is 16.9. The summed E-state index contributed by atoms with van der Waals surface area (Å²) in [5.74, 6) is 0. The molecule has 146 valence electrons. The summed E-state index contributed by atoms with van der Waals surface area (Å²) < 4.78 is 21.5. The Kier molecular flexibility index (Phi) is 7.01. The van der Waals surface area contributed by atoms with Crippen molar-refractivity contribution >= 4 is 0 Å². The second-order valence-corrected chi connectivity index (χ2v) is 8.12. The molecule has 2 heterocycles. The molecule has 0 bridgehead atoms. The molecular formula is C20H32N2O4. The minimum absolute atomic E-state index is 0.00848. The van der Waals surface area contributed by atoms with Crippen LogP contribution in [0.1, 0.15) is 63.1 Å². The Morgan fingerprint density at radius 3 is 1.42 bits per heavy atom. The van der Waals surface area contributed by atoms with Gasteiger partial charge in [-0.3, -0.25) is 0 Å². The van der Waals surface area contributed by atoms with E-state index in [2.05, 4.69) is 38.0 Å². The van der Waals surface area contributed by atoms with Crippen LogP contribution in [0.3, 0.4) is 0 Å². The van der Waals surface area contributed by atoms with Crippen LogP contribution in [0.5, 0.6) is 0 Å². The first-order chi connectivity index (χ1) is 12.2. The van der Waals surface area contributed by atoms with E-state index in [1.165, 1.54) is 0 Å². The largest absolute Gasteiger partial charge is 0.379 e. The van der Waals surface area contributed by atoms with E-state index in [-0.39, 0.29) is 10.8 Å². The summed E-state index contributed by atoms with van der Waals surface area (Å²) in [6.45, 7) is 15.2. The highest BCUT2D eigenvalue weighted by atomic mass is 16.5. The number of rotatable bonds is 11. The SMILES string of the molecule is Cc1nocc1C(C)(C)CCOCCOCCC(C)(C)c1conc1C. The van der Waals surface area contributed by atoms with E-state index < -0.39 is 0 Å². The highest BCUT2D eigenvalue weighted by Crippen LogP contribution is 2.30. The Balaban J connectivity index is 1.59. The Labute approximate surface area is 156 Å². The first kappa shape index (κ1) is 20.6. The maximum atomic E-state index is 5.73. The van der Waals surface area contributed by atoms with Crippen molar-refractivity contribution in [3.63, 3.8) is 0 Å². The molecule has 0 unspecified atom stereocenters. The maximum Gasteiger partial charge on any atom is 0.127 e. The zero-order valence-electron chi connectivity index (χ0n) is 16.9. The average Bonchev–Trinajstić information content (AvgIpc) is 3.18. The second kappa shape index (κ2) is 8.82. The molecule has 0 radical (unpaired) electrons. The molecule has 0 saturated carbocycles. The molecule has 6 nitrogen and oxygen atoms in total. The monoisotopic (exact) mass is 364 g/mol. The van der Waals surface area contributed by atoms with Crippen LogP contribution in [0.15, 0.2) is 21.6 Å². The Hall–Kier alpha value is -1.66. The molecule has 0 amide bonds. The molecule has 0 aliphatic rings. The minimum Gasteiger partial charge on any atom is -0.379 e. The van der Waals surface area contributed by atoms with Gasteiger partial charge in [0.05, 0.1) is 24.6 Å². The number of aryl methyl sites for hydroxylation is 2. The summed E-state index contributed by atoms with van der Waals surface area (Å²) in [6, 6.07) is 0. The second-order valence-electron chi connectivity index (χ2n) is 8.12. The van der Waals surface area contributed by atoms with Crippen molar-refractivity contribution in [3.05, 3.63) is 35.0 Å². The maximum absolute atomic E-state index is 5.73. The van der Waals surface area contributed by atoms with Crippen molar-refractivity contribution in [1.29, 1.82) is 0 Å². The standard InChI is InChI=1S/C20H32N2O4/c1-15-17(13-25-21-15)19(3,4)7-9-23-11-12-24-10-8-20(5,6)18-14-26-22-16(18)2/h13-14H,7-12H2,1-6H3. The van der Waals surface area contributed by atoms with E-state index >= 15 is 0 Å². The Morgan fingerprint density at radius 1 is 0.731 bits per heavy atom. The molecule has 26 heavy (non-hydrogen) atoms. The van der Waals surface area contributed by atoms with Crippen LogP contribution < -0.4 is 0 Å². The van der Waals surface area contributed by atoms with Crippen LogP contribution in [-0.4, -0.2) is 36.7 Å². The van der Waals surface area contributed by atoms with Crippen molar-refractivity contribution < 1.29 is 18.5 Å². The molecular weight excluding hydrogens is 332 g/mol. The van der Waals surface area contributed by atoms with E-state index in [1.807, 2.05) is 13.8 Å². The van der Waals surface area contributed by atoms with Gasteiger partial charge in [-0.05, 0) is 37.5 Å². The molecule has 2 aromatic rings. The lowest BCUT2D eigenvalue weighted by Crippen LogP contribution is -2.22. The Bertz CT molecular complexity index is 615. The van der Waals surface area contributed by atoms with Crippen molar-refractivity contribution in [3.8, 4) is 0 Å². The molecule has 2 aromatic heterocycles. The molecule has 0 atom stereocenters. The highest BCUT2D eigenvalue weighted by molar-refractivity contribution is 5.23. The third-order valence-electron chi connectivity index (χ3n) is 5.07. The molecule has 2 rings (SSSR count). The minimum atomic E-state index is -0.00848. The fourth-order valence-corrected chi connectivity index (χ4v) is 3.13. The fraction of sp³-hybridized carbons (Fsp3) is 0.700. The lowest BCUT2D eigenvalue weighted by atomic mass is 9.82. The summed E-state index contributed by atoms with van der Waals surface area (Å²) in [6.07, 6.45) is 5.29. The van der Waals surface area contributed by atoms with Gasteiger partial charge in [-0.2, -0.15) is 0 Å². The van der Waals surface area contributed by atoms with Crippen molar-refractivity contribution in [2.45, 2.75) is 65.2 Å². The molecule has 6 heteroatoms. The van der Waals surface area contributed by atoms with E-state index in [1.54, 1.807) is 12.5 Å². The zero-order chi connectivity index (χ0) is 19.2. The summed E-state index contributed by atoms with van der Waals surface area (Å²) in [7, 11) is 0. The third-order valence-corrected chi connectivity index (χ3v) is 5.07. The van der Waals surface area contributed by atoms with Gasteiger partial charge < -0.3 is 18.5 Å². The van der Waals surface area contributed by atoms with Gasteiger partial charge >= 0.3 is 0 Å². The van der Waals surface area contributed by atoms with Crippen LogP contribution in [0.25, 0.3) is 0 Å². The van der Waals surface area contributed by atoms with Crippen LogP contribution in [0.4, 0.5) is 0 Å². The van der Waals surface area contributed by atoms with Crippen LogP contribution >= 0.6 is 0 Å². The lowest BCUT2D eigenvalue weighted by molar-refractivity contribution is 0.0371. The number of aromatic nitrogens is 2. The number of nitrogens with zero attached hydrogens (tertiary/aromatic N) is 2. The predicted octanol–water partition coefficient (Wildman–Crippen LogP) is 4.35. The fourth-order valence-electron chi connectivity index (χ4n) is 3.13. The third kappa shape index (κ3) is 5.42. The van der Waals surface area contributed by atoms with Crippen LogP contribution in [0.2, 0.25) is 0 Å². The topological polar surface area (TPSA) is 70.5 Å². The van der Waals surface area contributed by atoms with Crippen LogP contribution in [-0.2, 0) is 20.3 Å². The lowest BCUT2D eigenvalue weighted by Gasteiger charge is -2.24. The quantitative estimate of drug-likeness (QED) is 0.552. The predicted molar refractivity (Wildman–Crippen MR) is 99.4 cm³/mol. The van der Waals surface area contributed by atoms with Gasteiger partial charge in [0.25, 0.3) is 0 Å². The van der Waals surface area contributed by atoms with Crippen molar-refractivity contribution in [1.82, 2.24) is 10.3 Å². The van der Waals surface area contributed by atoms with Gasteiger partial charge in [0, 0.05) is 24.3 Å². The summed E-state index contributed by atoms with van der Waals surface area (Å²) >= 11 is 0. The summed E-state index contributed by atoms with van der Waals surface area (Å²) in [5.41, 5.74) is 4.16. The first-order valence-electron chi connectivity index (χ1n) is 9.22. The van der Waals surface area contributed by atoms with Crippen molar-refractivity contribution in [2.24, 2.45) is 0 Å². The van der Waals surface area contributed by atoms with E-state index in [0.717, 1.165) is 35.4 Å². The highest BCUT2D eigenvalue weighted by Gasteiger charge is 2.25. The number of hydrogen-bond donors (Lipinski definition) is 0. The smallest absolute Gasteiger partial charge is 0.127 e. The van der Waals surface area contributed by atoms with E-state index in [4.69, 9.17) is 18.5 Å². The molecule has 0 aromatic carbocycles. The molecule has 0 aliphatic carbocycles. The van der Waals surface area contributed by atoms with E-state index in [0.29, 0.717) is 26.4 Å². The molecule has 0 saturated heterocycles. The van der Waals surface area contributed by atoms with Gasteiger partial charge in [0.2, 0.25) is 0 Å². The molecule has 0 aliphatic heterocycles.